The standard InChI is InChI=1S/C20H24FN5O.HI/c1-3-27-19-10-14(6-8-23-19)12-26-20(22-2)24-9-7-15-13-25-18-11-16(21)4-5-17(15)18;/h4-6,8,10-11,13,25H,3,7,9,12H2,1-2H3,(H2,22,24,26);1H. The summed E-state index contributed by atoms with van der Waals surface area (Å²) >= 11 is 0. The third-order valence-corrected chi connectivity index (χ3v) is 4.19. The second-order valence-corrected chi connectivity index (χ2v) is 6.04. The molecule has 0 fully saturated rings. The molecule has 3 aromatic rings. The number of halogens is 2. The second kappa shape index (κ2) is 10.8. The number of aromatic amines is 1. The molecule has 3 N–H and O–H groups in total. The Hall–Kier alpha value is -2.36. The first-order chi connectivity index (χ1) is 13.2. The van der Waals surface area contributed by atoms with Gasteiger partial charge in [-0.2, -0.15) is 0 Å². The zero-order valence-electron chi connectivity index (χ0n) is 16.0. The molecule has 150 valence electrons. The summed E-state index contributed by atoms with van der Waals surface area (Å²) in [6.07, 6.45) is 4.46. The van der Waals surface area contributed by atoms with Crippen LogP contribution in [-0.2, 0) is 13.0 Å². The number of nitrogens with one attached hydrogen (secondary N) is 3. The minimum Gasteiger partial charge on any atom is -0.478 e. The van der Waals surface area contributed by atoms with E-state index in [0.29, 0.717) is 25.6 Å². The highest BCUT2D eigenvalue weighted by Gasteiger charge is 2.05. The van der Waals surface area contributed by atoms with E-state index in [2.05, 4.69) is 25.6 Å². The Balaban J connectivity index is 0.00000280. The number of hydrogen-bond acceptors (Lipinski definition) is 3. The van der Waals surface area contributed by atoms with Crippen LogP contribution in [-0.4, -0.2) is 36.1 Å². The lowest BCUT2D eigenvalue weighted by Gasteiger charge is -2.12. The van der Waals surface area contributed by atoms with Crippen molar-refractivity contribution in [3.05, 3.63) is 59.7 Å². The quantitative estimate of drug-likeness (QED) is 0.265. The topological polar surface area (TPSA) is 74.3 Å². The Morgan fingerprint density at radius 3 is 2.89 bits per heavy atom. The van der Waals surface area contributed by atoms with Gasteiger partial charge in [0.2, 0.25) is 5.88 Å². The highest BCUT2D eigenvalue weighted by Crippen LogP contribution is 2.19. The highest BCUT2D eigenvalue weighted by molar-refractivity contribution is 14.0. The van der Waals surface area contributed by atoms with Gasteiger partial charge in [-0.15, -0.1) is 24.0 Å². The first kappa shape index (κ1) is 21.9. The van der Waals surface area contributed by atoms with Gasteiger partial charge in [-0.3, -0.25) is 4.99 Å². The molecule has 0 saturated heterocycles. The molecule has 6 nitrogen and oxygen atoms in total. The van der Waals surface area contributed by atoms with Crippen molar-refractivity contribution in [1.82, 2.24) is 20.6 Å². The number of H-pyrrole nitrogens is 1. The molecule has 0 aliphatic heterocycles. The zero-order chi connectivity index (χ0) is 19.1. The fraction of sp³-hybridized carbons (Fsp3) is 0.300. The maximum Gasteiger partial charge on any atom is 0.213 e. The number of fused-ring (bicyclic) bond motifs is 1. The summed E-state index contributed by atoms with van der Waals surface area (Å²) < 4.78 is 18.7. The predicted octanol–water partition coefficient (Wildman–Crippen LogP) is 3.63. The predicted molar refractivity (Wildman–Crippen MR) is 121 cm³/mol. The molecule has 28 heavy (non-hydrogen) atoms. The van der Waals surface area contributed by atoms with Gasteiger partial charge >= 0.3 is 0 Å². The molecule has 0 aliphatic rings. The Morgan fingerprint density at radius 1 is 1.25 bits per heavy atom. The van der Waals surface area contributed by atoms with Crippen molar-refractivity contribution in [2.24, 2.45) is 4.99 Å². The Labute approximate surface area is 181 Å². The monoisotopic (exact) mass is 497 g/mol. The molecule has 0 spiro atoms. The number of rotatable bonds is 7. The fourth-order valence-electron chi connectivity index (χ4n) is 2.87. The Kier molecular flexibility index (Phi) is 8.49. The molecule has 1 aromatic carbocycles. The maximum atomic E-state index is 13.3. The molecule has 2 aromatic heterocycles. The smallest absolute Gasteiger partial charge is 0.213 e. The number of pyridine rings is 1. The van der Waals surface area contributed by atoms with Crippen molar-refractivity contribution in [3.8, 4) is 5.88 Å². The molecule has 0 unspecified atom stereocenters. The molecule has 0 amide bonds. The molecular formula is C20H25FIN5O. The van der Waals surface area contributed by atoms with E-state index in [1.54, 1.807) is 13.2 Å². The lowest BCUT2D eigenvalue weighted by molar-refractivity contribution is 0.326. The molecule has 0 aliphatic carbocycles. The Bertz CT molecular complexity index is 928. The van der Waals surface area contributed by atoms with Gasteiger partial charge in [-0.05, 0) is 48.7 Å². The van der Waals surface area contributed by atoms with Crippen LogP contribution in [0.4, 0.5) is 4.39 Å². The van der Waals surface area contributed by atoms with Crippen molar-refractivity contribution < 1.29 is 9.13 Å². The van der Waals surface area contributed by atoms with Gasteiger partial charge < -0.3 is 20.4 Å². The van der Waals surface area contributed by atoms with E-state index >= 15 is 0 Å². The first-order valence-corrected chi connectivity index (χ1v) is 8.97. The molecule has 2 heterocycles. The third kappa shape index (κ3) is 5.82. The summed E-state index contributed by atoms with van der Waals surface area (Å²) in [7, 11) is 1.74. The summed E-state index contributed by atoms with van der Waals surface area (Å²) in [5.41, 5.74) is 3.02. The molecule has 0 atom stereocenters. The lowest BCUT2D eigenvalue weighted by atomic mass is 10.1. The largest absolute Gasteiger partial charge is 0.478 e. The normalized spacial score (nSPS) is 11.2. The second-order valence-electron chi connectivity index (χ2n) is 6.04. The molecule has 8 heteroatoms. The van der Waals surface area contributed by atoms with Crippen LogP contribution >= 0.6 is 24.0 Å². The summed E-state index contributed by atoms with van der Waals surface area (Å²) in [5.74, 6) is 1.11. The van der Waals surface area contributed by atoms with Gasteiger partial charge in [0.25, 0.3) is 0 Å². The van der Waals surface area contributed by atoms with Gasteiger partial charge in [-0.25, -0.2) is 9.37 Å². The van der Waals surface area contributed by atoms with E-state index < -0.39 is 0 Å². The van der Waals surface area contributed by atoms with E-state index in [0.717, 1.165) is 34.4 Å². The minimum atomic E-state index is -0.234. The summed E-state index contributed by atoms with van der Waals surface area (Å²) in [6.45, 7) is 3.86. The van der Waals surface area contributed by atoms with Crippen LogP contribution < -0.4 is 15.4 Å². The summed E-state index contributed by atoms with van der Waals surface area (Å²) in [6, 6.07) is 8.66. The van der Waals surface area contributed by atoms with E-state index in [4.69, 9.17) is 4.74 Å². The van der Waals surface area contributed by atoms with Crippen molar-refractivity contribution in [2.45, 2.75) is 19.9 Å². The van der Waals surface area contributed by atoms with Crippen molar-refractivity contribution in [3.63, 3.8) is 0 Å². The van der Waals surface area contributed by atoms with Crippen LogP contribution in [0.2, 0.25) is 0 Å². The van der Waals surface area contributed by atoms with Crippen LogP contribution in [0, 0.1) is 5.82 Å². The molecule has 0 bridgehead atoms. The average Bonchev–Trinajstić information content (AvgIpc) is 3.07. The van der Waals surface area contributed by atoms with Crippen LogP contribution in [0.3, 0.4) is 0 Å². The lowest BCUT2D eigenvalue weighted by Crippen LogP contribution is -2.37. The summed E-state index contributed by atoms with van der Waals surface area (Å²) in [5, 5.41) is 7.62. The van der Waals surface area contributed by atoms with Crippen LogP contribution in [0.25, 0.3) is 10.9 Å². The average molecular weight is 497 g/mol. The minimum absolute atomic E-state index is 0. The third-order valence-electron chi connectivity index (χ3n) is 4.19. The number of benzene rings is 1. The van der Waals surface area contributed by atoms with Crippen molar-refractivity contribution >= 4 is 40.8 Å². The van der Waals surface area contributed by atoms with E-state index in [-0.39, 0.29) is 29.8 Å². The molecular weight excluding hydrogens is 472 g/mol. The van der Waals surface area contributed by atoms with E-state index in [1.807, 2.05) is 31.3 Å². The maximum absolute atomic E-state index is 13.3. The van der Waals surface area contributed by atoms with Crippen LogP contribution in [0.1, 0.15) is 18.1 Å². The van der Waals surface area contributed by atoms with Crippen LogP contribution in [0.5, 0.6) is 5.88 Å². The van der Waals surface area contributed by atoms with Crippen molar-refractivity contribution in [1.29, 1.82) is 0 Å². The number of nitrogens with zero attached hydrogens (tertiary/aromatic N) is 2. The fourth-order valence-corrected chi connectivity index (χ4v) is 2.87. The van der Waals surface area contributed by atoms with Gasteiger partial charge in [0, 0.05) is 49.5 Å². The summed E-state index contributed by atoms with van der Waals surface area (Å²) in [4.78, 5) is 11.5. The molecule has 0 saturated carbocycles. The SMILES string of the molecule is CCOc1cc(CNC(=NC)NCCc2c[nH]c3cc(F)ccc23)ccn1.I. The molecule has 0 radical (unpaired) electrons. The number of ether oxygens (including phenoxy) is 1. The van der Waals surface area contributed by atoms with E-state index in [1.165, 1.54) is 12.1 Å². The number of aromatic nitrogens is 2. The Morgan fingerprint density at radius 2 is 2.11 bits per heavy atom. The number of hydrogen-bond donors (Lipinski definition) is 3. The number of aliphatic imine (C=N–C) groups is 1. The number of guanidine groups is 1. The molecule has 3 rings (SSSR count). The van der Waals surface area contributed by atoms with Crippen LogP contribution in [0.15, 0.2) is 47.7 Å². The van der Waals surface area contributed by atoms with Gasteiger partial charge in [-0.1, -0.05) is 0 Å². The van der Waals surface area contributed by atoms with E-state index in [9.17, 15) is 4.39 Å². The zero-order valence-corrected chi connectivity index (χ0v) is 18.3. The van der Waals surface area contributed by atoms with Gasteiger partial charge in [0.15, 0.2) is 5.96 Å². The van der Waals surface area contributed by atoms with Crippen molar-refractivity contribution in [2.75, 3.05) is 20.2 Å². The van der Waals surface area contributed by atoms with Gasteiger partial charge in [0.1, 0.15) is 5.82 Å². The first-order valence-electron chi connectivity index (χ1n) is 8.97. The van der Waals surface area contributed by atoms with Gasteiger partial charge in [0.05, 0.1) is 6.61 Å². The highest BCUT2D eigenvalue weighted by atomic mass is 127.